The summed E-state index contributed by atoms with van der Waals surface area (Å²) in [5.74, 6) is 2.03. The van der Waals surface area contributed by atoms with Crippen LogP contribution in [0.5, 0.6) is 5.75 Å². The smallest absolute Gasteiger partial charge is 0.159 e. The van der Waals surface area contributed by atoms with Crippen LogP contribution in [0.2, 0.25) is 0 Å². The summed E-state index contributed by atoms with van der Waals surface area (Å²) >= 11 is 0. The molecule has 170 valence electrons. The van der Waals surface area contributed by atoms with Crippen molar-refractivity contribution in [3.05, 3.63) is 36.7 Å². The van der Waals surface area contributed by atoms with Gasteiger partial charge in [-0.05, 0) is 76.1 Å². The molecule has 6 nitrogen and oxygen atoms in total. The van der Waals surface area contributed by atoms with Crippen molar-refractivity contribution in [3.63, 3.8) is 0 Å². The van der Waals surface area contributed by atoms with Crippen LogP contribution in [0.25, 0.3) is 11.4 Å². The SMILES string of the molecule is COC(C)(C)CCCCCOc1ccc(-c2ncc(N3CCC(CO)CC3)cn2)cc1. The number of rotatable bonds is 11. The Balaban J connectivity index is 1.42. The third kappa shape index (κ3) is 7.18. The first kappa shape index (κ1) is 23.5. The van der Waals surface area contributed by atoms with Crippen molar-refractivity contribution in [2.45, 2.75) is 58.0 Å². The molecule has 3 rings (SSSR count). The van der Waals surface area contributed by atoms with E-state index in [0.717, 1.165) is 81.0 Å². The van der Waals surface area contributed by atoms with E-state index >= 15 is 0 Å². The number of aliphatic hydroxyl groups excluding tert-OH is 1. The molecule has 1 fully saturated rings. The molecule has 1 aromatic heterocycles. The number of anilines is 1. The lowest BCUT2D eigenvalue weighted by Crippen LogP contribution is -2.34. The van der Waals surface area contributed by atoms with Crippen LogP contribution < -0.4 is 9.64 Å². The van der Waals surface area contributed by atoms with E-state index in [0.29, 0.717) is 5.92 Å². The zero-order chi connectivity index (χ0) is 22.1. The van der Waals surface area contributed by atoms with E-state index in [-0.39, 0.29) is 12.2 Å². The lowest BCUT2D eigenvalue weighted by molar-refractivity contribution is 0.0132. The van der Waals surface area contributed by atoms with E-state index in [2.05, 4.69) is 28.7 Å². The molecule has 1 aromatic carbocycles. The number of hydrogen-bond acceptors (Lipinski definition) is 6. The predicted molar refractivity (Wildman–Crippen MR) is 125 cm³/mol. The molecule has 1 N–H and O–H groups in total. The van der Waals surface area contributed by atoms with E-state index in [1.54, 1.807) is 7.11 Å². The first-order valence-corrected chi connectivity index (χ1v) is 11.5. The fourth-order valence-electron chi connectivity index (χ4n) is 3.83. The van der Waals surface area contributed by atoms with Crippen LogP contribution in [0.15, 0.2) is 36.7 Å². The Hall–Kier alpha value is -2.18. The molecular weight excluding hydrogens is 390 g/mol. The van der Waals surface area contributed by atoms with Gasteiger partial charge in [-0.25, -0.2) is 9.97 Å². The molecule has 1 aliphatic rings. The normalized spacial score (nSPS) is 15.3. The Morgan fingerprint density at radius 3 is 2.32 bits per heavy atom. The zero-order valence-corrected chi connectivity index (χ0v) is 19.2. The summed E-state index contributed by atoms with van der Waals surface area (Å²) in [4.78, 5) is 11.4. The first-order valence-electron chi connectivity index (χ1n) is 11.5. The molecule has 31 heavy (non-hydrogen) atoms. The highest BCUT2D eigenvalue weighted by atomic mass is 16.5. The number of unbranched alkanes of at least 4 members (excludes halogenated alkanes) is 2. The molecule has 2 aromatic rings. The van der Waals surface area contributed by atoms with E-state index in [1.165, 1.54) is 0 Å². The van der Waals surface area contributed by atoms with Crippen molar-refractivity contribution >= 4 is 5.69 Å². The molecule has 0 radical (unpaired) electrons. The molecule has 0 spiro atoms. The number of ether oxygens (including phenoxy) is 2. The lowest BCUT2D eigenvalue weighted by atomic mass is 9.98. The maximum absolute atomic E-state index is 9.29. The molecule has 0 saturated carbocycles. The van der Waals surface area contributed by atoms with Crippen LogP contribution in [0.3, 0.4) is 0 Å². The van der Waals surface area contributed by atoms with E-state index in [9.17, 15) is 5.11 Å². The Morgan fingerprint density at radius 2 is 1.71 bits per heavy atom. The highest BCUT2D eigenvalue weighted by molar-refractivity contribution is 5.57. The number of piperidine rings is 1. The second-order valence-electron chi connectivity index (χ2n) is 9.03. The Morgan fingerprint density at radius 1 is 1.03 bits per heavy atom. The number of nitrogens with zero attached hydrogens (tertiary/aromatic N) is 3. The number of hydrogen-bond donors (Lipinski definition) is 1. The summed E-state index contributed by atoms with van der Waals surface area (Å²) in [5, 5.41) is 9.29. The van der Waals surface area contributed by atoms with Crippen molar-refractivity contribution in [3.8, 4) is 17.1 Å². The third-order valence-corrected chi connectivity index (χ3v) is 6.23. The molecular formula is C25H37N3O3. The summed E-state index contributed by atoms with van der Waals surface area (Å²) in [6, 6.07) is 8.00. The summed E-state index contributed by atoms with van der Waals surface area (Å²) < 4.78 is 11.3. The second-order valence-corrected chi connectivity index (χ2v) is 9.03. The van der Waals surface area contributed by atoms with Gasteiger partial charge in [0, 0.05) is 32.4 Å². The largest absolute Gasteiger partial charge is 0.494 e. The minimum Gasteiger partial charge on any atom is -0.494 e. The van der Waals surface area contributed by atoms with Gasteiger partial charge in [0.05, 0.1) is 30.3 Å². The van der Waals surface area contributed by atoms with E-state index < -0.39 is 0 Å². The van der Waals surface area contributed by atoms with Gasteiger partial charge in [-0.15, -0.1) is 0 Å². The van der Waals surface area contributed by atoms with Gasteiger partial charge in [0.15, 0.2) is 5.82 Å². The van der Waals surface area contributed by atoms with Crippen LogP contribution in [0.4, 0.5) is 5.69 Å². The maximum Gasteiger partial charge on any atom is 0.159 e. The average Bonchev–Trinajstić information content (AvgIpc) is 2.82. The number of aliphatic hydroxyl groups is 1. The van der Waals surface area contributed by atoms with Gasteiger partial charge in [0.1, 0.15) is 5.75 Å². The zero-order valence-electron chi connectivity index (χ0n) is 19.2. The van der Waals surface area contributed by atoms with Gasteiger partial charge in [-0.1, -0.05) is 6.42 Å². The van der Waals surface area contributed by atoms with Gasteiger partial charge in [-0.3, -0.25) is 0 Å². The Labute approximate surface area is 186 Å². The molecule has 0 unspecified atom stereocenters. The first-order chi connectivity index (χ1) is 15.0. The number of benzene rings is 1. The van der Waals surface area contributed by atoms with E-state index in [1.807, 2.05) is 36.7 Å². The summed E-state index contributed by atoms with van der Waals surface area (Å²) in [6.07, 6.45) is 10.2. The minimum atomic E-state index is -0.0340. The lowest BCUT2D eigenvalue weighted by Gasteiger charge is -2.32. The van der Waals surface area contributed by atoms with Crippen molar-refractivity contribution in [1.82, 2.24) is 9.97 Å². The summed E-state index contributed by atoms with van der Waals surface area (Å²) in [5.41, 5.74) is 2.00. The van der Waals surface area contributed by atoms with Gasteiger partial charge in [0.25, 0.3) is 0 Å². The summed E-state index contributed by atoms with van der Waals surface area (Å²) in [7, 11) is 1.77. The van der Waals surface area contributed by atoms with Crippen LogP contribution in [-0.4, -0.2) is 54.1 Å². The standard InChI is InChI=1S/C25H37N3O3/c1-25(2,30-3)13-5-4-6-16-31-23-9-7-21(8-10-23)24-26-17-22(18-27-24)28-14-11-20(19-29)12-15-28/h7-10,17-18,20,29H,4-6,11-16,19H2,1-3H3. The van der Waals surface area contributed by atoms with Crippen LogP contribution >= 0.6 is 0 Å². The third-order valence-electron chi connectivity index (χ3n) is 6.23. The molecule has 0 amide bonds. The fourth-order valence-corrected chi connectivity index (χ4v) is 3.83. The molecule has 0 bridgehead atoms. The highest BCUT2D eigenvalue weighted by Crippen LogP contribution is 2.24. The monoisotopic (exact) mass is 427 g/mol. The molecule has 1 aliphatic heterocycles. The predicted octanol–water partition coefficient (Wildman–Crippen LogP) is 4.72. The average molecular weight is 428 g/mol. The van der Waals surface area contributed by atoms with Gasteiger partial charge >= 0.3 is 0 Å². The van der Waals surface area contributed by atoms with Crippen molar-refractivity contribution in [2.24, 2.45) is 5.92 Å². The Bertz CT molecular complexity index is 770. The van der Waals surface area contributed by atoms with Crippen molar-refractivity contribution in [2.75, 3.05) is 38.3 Å². The molecule has 2 heterocycles. The topological polar surface area (TPSA) is 67.7 Å². The fraction of sp³-hybridized carbons (Fsp3) is 0.600. The van der Waals surface area contributed by atoms with Crippen LogP contribution in [0, 0.1) is 5.92 Å². The van der Waals surface area contributed by atoms with Gasteiger partial charge in [-0.2, -0.15) is 0 Å². The Kier molecular flexibility index (Phi) is 8.67. The highest BCUT2D eigenvalue weighted by Gasteiger charge is 2.19. The minimum absolute atomic E-state index is 0.0340. The number of methoxy groups -OCH3 is 1. The van der Waals surface area contributed by atoms with Crippen LogP contribution in [-0.2, 0) is 4.74 Å². The number of aromatic nitrogens is 2. The molecule has 0 atom stereocenters. The maximum atomic E-state index is 9.29. The molecule has 1 saturated heterocycles. The van der Waals surface area contributed by atoms with E-state index in [4.69, 9.17) is 9.47 Å². The summed E-state index contributed by atoms with van der Waals surface area (Å²) in [6.45, 7) is 7.17. The van der Waals surface area contributed by atoms with Gasteiger partial charge in [0.2, 0.25) is 0 Å². The van der Waals surface area contributed by atoms with Crippen molar-refractivity contribution in [1.29, 1.82) is 0 Å². The quantitative estimate of drug-likeness (QED) is 0.524. The van der Waals surface area contributed by atoms with Gasteiger partial charge < -0.3 is 19.5 Å². The second kappa shape index (κ2) is 11.4. The van der Waals surface area contributed by atoms with Crippen LogP contribution in [0.1, 0.15) is 52.4 Å². The van der Waals surface area contributed by atoms with Crippen molar-refractivity contribution < 1.29 is 14.6 Å². The molecule has 6 heteroatoms. The molecule has 0 aliphatic carbocycles.